The molecule has 5 nitrogen and oxygen atoms in total. The first-order valence-electron chi connectivity index (χ1n) is 11.0. The van der Waals surface area contributed by atoms with Crippen molar-refractivity contribution in [3.8, 4) is 0 Å². The van der Waals surface area contributed by atoms with Gasteiger partial charge < -0.3 is 10.0 Å². The van der Waals surface area contributed by atoms with E-state index in [0.29, 0.717) is 12.2 Å². The Morgan fingerprint density at radius 3 is 2.03 bits per heavy atom. The van der Waals surface area contributed by atoms with Crippen molar-refractivity contribution in [2.24, 2.45) is 0 Å². The van der Waals surface area contributed by atoms with Gasteiger partial charge in [-0.2, -0.15) is 0 Å². The topological polar surface area (TPSA) is 62.1 Å². The first kappa shape index (κ1) is 24.4. The Labute approximate surface area is 182 Å². The third kappa shape index (κ3) is 7.11. The molecule has 0 bridgehead atoms. The number of hydrogen-bond donors (Lipinski definition) is 2. The van der Waals surface area contributed by atoms with Crippen LogP contribution in [-0.4, -0.2) is 45.8 Å². The first-order valence-corrected chi connectivity index (χ1v) is 12.5. The SMILES string of the molecule is CCCC[NH+](CCCC)CC(O)CN(c1ccccc1)S(=O)(=O)c1ccc(C)cc1. The fourth-order valence-corrected chi connectivity index (χ4v) is 5.05. The summed E-state index contributed by atoms with van der Waals surface area (Å²) >= 11 is 0. The lowest BCUT2D eigenvalue weighted by atomic mass is 10.2. The molecule has 0 amide bonds. The van der Waals surface area contributed by atoms with Gasteiger partial charge in [0.15, 0.2) is 0 Å². The molecule has 0 saturated carbocycles. The molecule has 0 aliphatic carbocycles. The van der Waals surface area contributed by atoms with Crippen molar-refractivity contribution in [2.75, 3.05) is 30.5 Å². The van der Waals surface area contributed by atoms with E-state index in [1.165, 1.54) is 9.21 Å². The largest absolute Gasteiger partial charge is 0.385 e. The lowest BCUT2D eigenvalue weighted by Gasteiger charge is -2.29. The summed E-state index contributed by atoms with van der Waals surface area (Å²) in [5.74, 6) is 0. The number of aryl methyl sites for hydroxylation is 1. The van der Waals surface area contributed by atoms with Gasteiger partial charge in [-0.15, -0.1) is 0 Å². The summed E-state index contributed by atoms with van der Waals surface area (Å²) < 4.78 is 28.2. The Balaban J connectivity index is 2.24. The van der Waals surface area contributed by atoms with E-state index in [0.717, 1.165) is 44.3 Å². The minimum atomic E-state index is -3.77. The number of benzene rings is 2. The van der Waals surface area contributed by atoms with Crippen molar-refractivity contribution in [3.05, 3.63) is 60.2 Å². The Morgan fingerprint density at radius 2 is 1.50 bits per heavy atom. The zero-order valence-corrected chi connectivity index (χ0v) is 19.4. The minimum Gasteiger partial charge on any atom is -0.385 e. The molecule has 0 aliphatic rings. The number of nitrogens with one attached hydrogen (secondary N) is 1. The number of rotatable bonds is 13. The molecule has 0 aliphatic heterocycles. The van der Waals surface area contributed by atoms with Crippen LogP contribution in [0.25, 0.3) is 0 Å². The number of aliphatic hydroxyl groups is 1. The standard InChI is InChI=1S/C24H36N2O3S/c1-4-6-17-25(18-7-5-2)19-23(27)20-26(22-11-9-8-10-12-22)30(28,29)24-15-13-21(3)14-16-24/h8-16,23,27H,4-7,17-20H2,1-3H3/p+1. The average molecular weight is 434 g/mol. The van der Waals surface area contributed by atoms with Gasteiger partial charge in [0.2, 0.25) is 0 Å². The number of unbranched alkanes of at least 4 members (excludes halogenated alkanes) is 2. The number of hydrogen-bond acceptors (Lipinski definition) is 3. The summed E-state index contributed by atoms with van der Waals surface area (Å²) in [6.07, 6.45) is 3.70. The summed E-state index contributed by atoms with van der Waals surface area (Å²) in [5, 5.41) is 10.9. The molecule has 0 aromatic heterocycles. The fraction of sp³-hybridized carbons (Fsp3) is 0.500. The summed E-state index contributed by atoms with van der Waals surface area (Å²) in [6.45, 7) is 8.86. The van der Waals surface area contributed by atoms with E-state index in [1.54, 1.807) is 36.4 Å². The van der Waals surface area contributed by atoms with Crippen LogP contribution in [-0.2, 0) is 10.0 Å². The Bertz CT molecular complexity index is 831. The molecule has 2 aromatic carbocycles. The van der Waals surface area contributed by atoms with Gasteiger partial charge in [-0.05, 0) is 44.0 Å². The van der Waals surface area contributed by atoms with Crippen LogP contribution >= 0.6 is 0 Å². The van der Waals surface area contributed by atoms with Crippen LogP contribution < -0.4 is 9.21 Å². The number of para-hydroxylation sites is 1. The molecule has 1 unspecified atom stereocenters. The van der Waals surface area contributed by atoms with E-state index in [2.05, 4.69) is 13.8 Å². The normalized spacial score (nSPS) is 12.8. The zero-order valence-electron chi connectivity index (χ0n) is 18.5. The summed E-state index contributed by atoms with van der Waals surface area (Å²) in [7, 11) is -3.77. The third-order valence-corrected chi connectivity index (χ3v) is 7.13. The zero-order chi connectivity index (χ0) is 22.0. The van der Waals surface area contributed by atoms with Crippen molar-refractivity contribution in [1.29, 1.82) is 0 Å². The highest BCUT2D eigenvalue weighted by Gasteiger charge is 2.28. The first-order chi connectivity index (χ1) is 14.4. The highest BCUT2D eigenvalue weighted by atomic mass is 32.2. The van der Waals surface area contributed by atoms with Gasteiger partial charge in [0, 0.05) is 0 Å². The van der Waals surface area contributed by atoms with Gasteiger partial charge >= 0.3 is 0 Å². The monoisotopic (exact) mass is 433 g/mol. The van der Waals surface area contributed by atoms with Crippen molar-refractivity contribution >= 4 is 15.7 Å². The van der Waals surface area contributed by atoms with Crippen LogP contribution in [0.4, 0.5) is 5.69 Å². The van der Waals surface area contributed by atoms with Gasteiger partial charge in [-0.3, -0.25) is 4.31 Å². The van der Waals surface area contributed by atoms with Crippen LogP contribution in [0, 0.1) is 6.92 Å². The predicted octanol–water partition coefficient (Wildman–Crippen LogP) is 3.04. The molecule has 2 N–H and O–H groups in total. The second-order valence-corrected chi connectivity index (χ2v) is 9.86. The molecule has 166 valence electrons. The van der Waals surface area contributed by atoms with Gasteiger partial charge in [-0.1, -0.05) is 62.6 Å². The molecule has 6 heteroatoms. The van der Waals surface area contributed by atoms with E-state index in [-0.39, 0.29) is 11.4 Å². The van der Waals surface area contributed by atoms with E-state index >= 15 is 0 Å². The van der Waals surface area contributed by atoms with Crippen LogP contribution in [0.2, 0.25) is 0 Å². The van der Waals surface area contributed by atoms with E-state index in [9.17, 15) is 13.5 Å². The maximum absolute atomic E-state index is 13.4. The number of nitrogens with zero attached hydrogens (tertiary/aromatic N) is 1. The summed E-state index contributed by atoms with van der Waals surface area (Å²) in [6, 6.07) is 15.9. The number of quaternary nitrogens is 1. The third-order valence-electron chi connectivity index (χ3n) is 5.32. The number of sulfonamides is 1. The van der Waals surface area contributed by atoms with Gasteiger partial charge in [0.05, 0.1) is 30.2 Å². The molecule has 2 aromatic rings. The average Bonchev–Trinajstić information content (AvgIpc) is 2.74. The molecule has 0 fully saturated rings. The van der Waals surface area contributed by atoms with E-state index < -0.39 is 16.1 Å². The Morgan fingerprint density at radius 1 is 0.933 bits per heavy atom. The van der Waals surface area contributed by atoms with E-state index in [4.69, 9.17) is 0 Å². The predicted molar refractivity (Wildman–Crippen MR) is 124 cm³/mol. The molecular formula is C24H37N2O3S+. The van der Waals surface area contributed by atoms with Crippen LogP contribution in [0.15, 0.2) is 59.5 Å². The maximum Gasteiger partial charge on any atom is 0.264 e. The molecule has 0 radical (unpaired) electrons. The molecule has 1 atom stereocenters. The Kier molecular flexibility index (Phi) is 9.82. The second kappa shape index (κ2) is 12.1. The second-order valence-electron chi connectivity index (χ2n) is 8.00. The quantitative estimate of drug-likeness (QED) is 0.510. The number of aliphatic hydroxyl groups excluding tert-OH is 1. The van der Waals surface area contributed by atoms with Crippen LogP contribution in [0.3, 0.4) is 0 Å². The molecule has 2 rings (SSSR count). The highest BCUT2D eigenvalue weighted by molar-refractivity contribution is 7.92. The lowest BCUT2D eigenvalue weighted by molar-refractivity contribution is -0.903. The van der Waals surface area contributed by atoms with Gasteiger partial charge in [-0.25, -0.2) is 8.42 Å². The van der Waals surface area contributed by atoms with Crippen molar-refractivity contribution in [2.45, 2.75) is 57.5 Å². The van der Waals surface area contributed by atoms with E-state index in [1.807, 2.05) is 25.1 Å². The van der Waals surface area contributed by atoms with Crippen LogP contribution in [0.5, 0.6) is 0 Å². The molecule has 0 saturated heterocycles. The summed E-state index contributed by atoms with van der Waals surface area (Å²) in [4.78, 5) is 1.58. The maximum atomic E-state index is 13.4. The van der Waals surface area contributed by atoms with Crippen LogP contribution in [0.1, 0.15) is 45.1 Å². The van der Waals surface area contributed by atoms with Crippen molar-refractivity contribution in [1.82, 2.24) is 0 Å². The highest BCUT2D eigenvalue weighted by Crippen LogP contribution is 2.24. The Hall–Kier alpha value is -1.89. The molecule has 0 spiro atoms. The van der Waals surface area contributed by atoms with Crippen molar-refractivity contribution in [3.63, 3.8) is 0 Å². The summed E-state index contributed by atoms with van der Waals surface area (Å²) in [5.41, 5.74) is 1.58. The fourth-order valence-electron chi connectivity index (χ4n) is 3.55. The lowest BCUT2D eigenvalue weighted by Crippen LogP contribution is -3.13. The smallest absolute Gasteiger partial charge is 0.264 e. The number of anilines is 1. The molecule has 0 heterocycles. The van der Waals surface area contributed by atoms with Crippen molar-refractivity contribution < 1.29 is 18.4 Å². The molecular weight excluding hydrogens is 396 g/mol. The minimum absolute atomic E-state index is 0.0436. The molecule has 30 heavy (non-hydrogen) atoms. The van der Waals surface area contributed by atoms with Gasteiger partial charge in [0.1, 0.15) is 12.6 Å². The van der Waals surface area contributed by atoms with Gasteiger partial charge in [0.25, 0.3) is 10.0 Å².